The minimum atomic E-state index is -4.97. The summed E-state index contributed by atoms with van der Waals surface area (Å²) < 4.78 is 69.1. The van der Waals surface area contributed by atoms with Crippen LogP contribution in [0.15, 0.2) is 0 Å². The summed E-state index contributed by atoms with van der Waals surface area (Å²) in [7, 11) is -9.93. The maximum Gasteiger partial charge on any atom is 0.472 e. The lowest BCUT2D eigenvalue weighted by Gasteiger charge is -2.21. The Bertz CT molecular complexity index is 2070. The zero-order valence-electron chi connectivity index (χ0n) is 72.3. The molecule has 17 nitrogen and oxygen atoms in total. The molecule has 3 N–H and O–H groups in total. The van der Waals surface area contributed by atoms with E-state index in [-0.39, 0.29) is 25.7 Å². The molecule has 0 fully saturated rings. The number of hydrogen-bond donors (Lipinski definition) is 3. The van der Waals surface area contributed by atoms with Crippen molar-refractivity contribution in [2.75, 3.05) is 39.6 Å². The minimum Gasteiger partial charge on any atom is -0.462 e. The van der Waals surface area contributed by atoms with Gasteiger partial charge < -0.3 is 33.8 Å². The molecule has 0 heterocycles. The van der Waals surface area contributed by atoms with E-state index in [1.54, 1.807) is 0 Å². The Labute approximate surface area is 677 Å². The molecule has 0 amide bonds. The maximum atomic E-state index is 13.2. The first-order valence-electron chi connectivity index (χ1n) is 47.3. The monoisotopic (exact) mass is 1610 g/mol. The average Bonchev–Trinajstić information content (AvgIpc) is 0.900. The van der Waals surface area contributed by atoms with Gasteiger partial charge in [0, 0.05) is 25.7 Å². The second kappa shape index (κ2) is 85.0. The van der Waals surface area contributed by atoms with Crippen LogP contribution in [0.4, 0.5) is 0 Å². The lowest BCUT2D eigenvalue weighted by molar-refractivity contribution is -0.161. The number of phosphoric acid groups is 2. The topological polar surface area (TPSA) is 237 Å². The number of rotatable bonds is 92. The molecule has 0 aromatic carbocycles. The van der Waals surface area contributed by atoms with Crippen molar-refractivity contribution in [1.82, 2.24) is 0 Å². The average molecular weight is 1610 g/mol. The van der Waals surface area contributed by atoms with Crippen molar-refractivity contribution in [3.8, 4) is 0 Å². The van der Waals surface area contributed by atoms with Gasteiger partial charge in [-0.3, -0.25) is 37.3 Å². The quantitative estimate of drug-likeness (QED) is 0.0222. The SMILES string of the molecule is CCCCCCCCCCCCCCCCCCCCCCCC(=O)O[C@H](COC(=O)CCCCCCCCCCCCCCCCCCCCC)COP(=O)(O)OC[C@@H](O)COP(=O)(O)OC[C@@H](COC(=O)CCCCCCCCCCCCC)OC(=O)CCCCCCCCCCCCCCCCCCCCC. The van der Waals surface area contributed by atoms with Gasteiger partial charge in [0.25, 0.3) is 0 Å². The summed E-state index contributed by atoms with van der Waals surface area (Å²) in [4.78, 5) is 73.4. The molecule has 0 aliphatic heterocycles. The van der Waals surface area contributed by atoms with E-state index in [1.165, 1.54) is 334 Å². The molecule has 5 atom stereocenters. The highest BCUT2D eigenvalue weighted by Crippen LogP contribution is 2.45. The van der Waals surface area contributed by atoms with E-state index in [2.05, 4.69) is 27.7 Å². The van der Waals surface area contributed by atoms with Crippen LogP contribution < -0.4 is 0 Å². The highest BCUT2D eigenvalue weighted by molar-refractivity contribution is 7.47. The highest BCUT2D eigenvalue weighted by Gasteiger charge is 2.31. The zero-order chi connectivity index (χ0) is 80.3. The number of esters is 4. The highest BCUT2D eigenvalue weighted by atomic mass is 31.2. The first-order chi connectivity index (χ1) is 53.7. The van der Waals surface area contributed by atoms with Crippen LogP contribution in [0.5, 0.6) is 0 Å². The Morgan fingerprint density at radius 1 is 0.218 bits per heavy atom. The van der Waals surface area contributed by atoms with E-state index in [0.29, 0.717) is 25.7 Å². The normalized spacial score (nSPS) is 13.6. The van der Waals surface area contributed by atoms with Crippen molar-refractivity contribution in [3.05, 3.63) is 0 Å². The minimum absolute atomic E-state index is 0.110. The molecule has 19 heteroatoms. The lowest BCUT2D eigenvalue weighted by atomic mass is 10.0. The fourth-order valence-electron chi connectivity index (χ4n) is 14.4. The molecule has 0 saturated carbocycles. The Kier molecular flexibility index (Phi) is 83.5. The summed E-state index contributed by atoms with van der Waals surface area (Å²) in [6.07, 6.45) is 82.0. The molecular weight excluding hydrogens is 1430 g/mol. The zero-order valence-corrected chi connectivity index (χ0v) is 74.0. The van der Waals surface area contributed by atoms with Gasteiger partial charge in [-0.15, -0.1) is 0 Å². The summed E-state index contributed by atoms with van der Waals surface area (Å²) in [5, 5.41) is 10.7. The number of unbranched alkanes of at least 4 members (excludes halogenated alkanes) is 66. The summed E-state index contributed by atoms with van der Waals surface area (Å²) in [5.41, 5.74) is 0. The molecule has 110 heavy (non-hydrogen) atoms. The molecule has 2 unspecified atom stereocenters. The molecule has 0 spiro atoms. The van der Waals surface area contributed by atoms with E-state index in [4.69, 9.17) is 37.0 Å². The number of carbonyl (C=O) groups excluding carboxylic acids is 4. The predicted octanol–water partition coefficient (Wildman–Crippen LogP) is 28.5. The van der Waals surface area contributed by atoms with Gasteiger partial charge >= 0.3 is 39.5 Å². The molecule has 0 rings (SSSR count). The van der Waals surface area contributed by atoms with Crippen LogP contribution in [-0.4, -0.2) is 96.7 Å². The summed E-state index contributed by atoms with van der Waals surface area (Å²) in [6, 6.07) is 0. The predicted molar refractivity (Wildman–Crippen MR) is 455 cm³/mol. The van der Waals surface area contributed by atoms with Crippen LogP contribution in [0.25, 0.3) is 0 Å². The second-order valence-corrected chi connectivity index (χ2v) is 35.6. The molecule has 0 bridgehead atoms. The summed E-state index contributed by atoms with van der Waals surface area (Å²) >= 11 is 0. The standard InChI is InChI=1S/C91H178O17P2/c1-5-9-13-17-21-25-29-32-35-38-41-42-45-48-51-54-58-62-66-70-74-78-91(96)108-87(82-102-89(94)76-72-68-64-60-56-52-49-46-43-39-36-33-30-26-22-18-14-10-6-2)84-106-110(99,100)104-80-85(92)79-103-109(97,98)105-83-86(81-101-88(93)75-71-67-63-59-55-28-24-20-16-12-8-4)107-90(95)77-73-69-65-61-57-53-50-47-44-40-37-34-31-27-23-19-15-11-7-3/h85-87,92H,5-84H2,1-4H3,(H,97,98)(H,99,100)/t85-,86+,87+/m0/s1. The molecule has 0 aromatic heterocycles. The number of aliphatic hydroxyl groups is 1. The van der Waals surface area contributed by atoms with Gasteiger partial charge in [0.1, 0.15) is 19.3 Å². The summed E-state index contributed by atoms with van der Waals surface area (Å²) in [6.45, 7) is 5.09. The van der Waals surface area contributed by atoms with Crippen molar-refractivity contribution < 1.29 is 80.2 Å². The van der Waals surface area contributed by atoms with Gasteiger partial charge in [0.15, 0.2) is 12.2 Å². The Balaban J connectivity index is 5.22. The molecule has 0 radical (unpaired) electrons. The molecule has 0 aliphatic carbocycles. The van der Waals surface area contributed by atoms with Crippen molar-refractivity contribution in [2.24, 2.45) is 0 Å². The van der Waals surface area contributed by atoms with Crippen molar-refractivity contribution in [1.29, 1.82) is 0 Å². The number of hydrogen-bond acceptors (Lipinski definition) is 15. The third-order valence-corrected chi connectivity index (χ3v) is 23.5. The Morgan fingerprint density at radius 3 is 0.536 bits per heavy atom. The van der Waals surface area contributed by atoms with Gasteiger partial charge in [-0.05, 0) is 25.7 Å². The number of aliphatic hydroxyl groups excluding tert-OH is 1. The third-order valence-electron chi connectivity index (χ3n) is 21.6. The van der Waals surface area contributed by atoms with Crippen molar-refractivity contribution in [2.45, 2.75) is 521 Å². The van der Waals surface area contributed by atoms with Gasteiger partial charge in [-0.1, -0.05) is 451 Å². The van der Waals surface area contributed by atoms with Crippen LogP contribution in [0, 0.1) is 0 Å². The first kappa shape index (κ1) is 108. The van der Waals surface area contributed by atoms with Gasteiger partial charge in [-0.25, -0.2) is 9.13 Å². The third kappa shape index (κ3) is 84.0. The fourth-order valence-corrected chi connectivity index (χ4v) is 16.0. The molecule has 0 aromatic rings. The molecule has 654 valence electrons. The largest absolute Gasteiger partial charge is 0.472 e. The first-order valence-corrected chi connectivity index (χ1v) is 50.3. The van der Waals surface area contributed by atoms with E-state index < -0.39 is 97.5 Å². The smallest absolute Gasteiger partial charge is 0.462 e. The van der Waals surface area contributed by atoms with E-state index in [0.717, 1.165) is 89.9 Å². The van der Waals surface area contributed by atoms with Gasteiger partial charge in [0.05, 0.1) is 26.4 Å². The Hall–Kier alpha value is -1.94. The van der Waals surface area contributed by atoms with E-state index >= 15 is 0 Å². The fraction of sp³-hybridized carbons (Fsp3) is 0.956. The Morgan fingerprint density at radius 2 is 0.364 bits per heavy atom. The second-order valence-electron chi connectivity index (χ2n) is 32.7. The summed E-state index contributed by atoms with van der Waals surface area (Å²) in [5.74, 6) is -2.09. The van der Waals surface area contributed by atoms with Gasteiger partial charge in [0.2, 0.25) is 0 Å². The number of carbonyl (C=O) groups is 4. The van der Waals surface area contributed by atoms with Crippen LogP contribution in [0.1, 0.15) is 503 Å². The van der Waals surface area contributed by atoms with Crippen molar-refractivity contribution in [3.63, 3.8) is 0 Å². The van der Waals surface area contributed by atoms with Crippen LogP contribution in [0.3, 0.4) is 0 Å². The van der Waals surface area contributed by atoms with E-state index in [9.17, 15) is 43.2 Å². The molecular formula is C91H178O17P2. The maximum absolute atomic E-state index is 13.2. The van der Waals surface area contributed by atoms with Crippen LogP contribution in [0.2, 0.25) is 0 Å². The molecule has 0 aliphatic rings. The van der Waals surface area contributed by atoms with Crippen LogP contribution in [-0.2, 0) is 65.4 Å². The van der Waals surface area contributed by atoms with E-state index in [1.807, 2.05) is 0 Å². The molecule has 0 saturated heterocycles. The number of phosphoric ester groups is 2. The van der Waals surface area contributed by atoms with Crippen molar-refractivity contribution >= 4 is 39.5 Å². The number of ether oxygens (including phenoxy) is 4. The lowest BCUT2D eigenvalue weighted by Crippen LogP contribution is -2.30. The van der Waals surface area contributed by atoms with Gasteiger partial charge in [-0.2, -0.15) is 0 Å². The van der Waals surface area contributed by atoms with Crippen LogP contribution >= 0.6 is 15.6 Å².